The van der Waals surface area contributed by atoms with E-state index in [1.807, 2.05) is 35.0 Å². The van der Waals surface area contributed by atoms with E-state index in [1.54, 1.807) is 12.1 Å². The second kappa shape index (κ2) is 6.25. The number of fused-ring (bicyclic) bond motifs is 1. The summed E-state index contributed by atoms with van der Waals surface area (Å²) in [4.78, 5) is 12.2. The first-order chi connectivity index (χ1) is 11.3. The maximum atomic E-state index is 14.0. The van der Waals surface area contributed by atoms with Crippen molar-refractivity contribution in [3.05, 3.63) is 65.0 Å². The van der Waals surface area contributed by atoms with Crippen LogP contribution in [0.2, 0.25) is 0 Å². The van der Waals surface area contributed by atoms with Crippen molar-refractivity contribution in [2.24, 2.45) is 5.73 Å². The van der Waals surface area contributed by atoms with E-state index < -0.39 is 34.6 Å². The lowest BCUT2D eigenvalue weighted by molar-refractivity contribution is -0.124. The lowest BCUT2D eigenvalue weighted by atomic mass is 9.94. The number of rotatable bonds is 3. The summed E-state index contributed by atoms with van der Waals surface area (Å²) in [7, 11) is 0. The second-order valence-corrected chi connectivity index (χ2v) is 6.48. The Morgan fingerprint density at radius 1 is 1.25 bits per heavy atom. The smallest absolute Gasteiger partial charge is 0.259 e. The Morgan fingerprint density at radius 3 is 2.50 bits per heavy atom. The minimum absolute atomic E-state index is 0.309. The van der Waals surface area contributed by atoms with Crippen LogP contribution in [0.4, 0.5) is 18.9 Å². The van der Waals surface area contributed by atoms with Crippen LogP contribution in [0.3, 0.4) is 0 Å². The van der Waals surface area contributed by atoms with Crippen LogP contribution < -0.4 is 14.2 Å². The summed E-state index contributed by atoms with van der Waals surface area (Å²) >= 11 is 1.89. The normalized spacial score (nSPS) is 19.9. The molecule has 2 aromatic carbocycles. The first-order valence-electron chi connectivity index (χ1n) is 7.07. The Bertz CT molecular complexity index is 794. The zero-order chi connectivity index (χ0) is 17.5. The van der Waals surface area contributed by atoms with E-state index in [0.29, 0.717) is 18.7 Å². The van der Waals surface area contributed by atoms with Gasteiger partial charge in [-0.1, -0.05) is 18.2 Å². The predicted molar refractivity (Wildman–Crippen MR) is 91.7 cm³/mol. The molecule has 0 aromatic heterocycles. The minimum atomic E-state index is -1.53. The first-order valence-corrected chi connectivity index (χ1v) is 8.04. The molecule has 1 aliphatic heterocycles. The molecule has 1 unspecified atom stereocenters. The van der Waals surface area contributed by atoms with Crippen LogP contribution in [-0.4, -0.2) is 11.6 Å². The van der Waals surface area contributed by atoms with Crippen LogP contribution in [0.25, 0.3) is 0 Å². The van der Waals surface area contributed by atoms with Crippen molar-refractivity contribution < 1.29 is 18.0 Å². The Labute approximate surface area is 150 Å². The minimum Gasteiger partial charge on any atom is -0.366 e. The Balaban J connectivity index is 2.07. The van der Waals surface area contributed by atoms with Gasteiger partial charge in [0, 0.05) is 30.7 Å². The van der Waals surface area contributed by atoms with Gasteiger partial charge in [0.15, 0.2) is 5.66 Å². The Kier molecular flexibility index (Phi) is 4.43. The molecule has 1 atom stereocenters. The number of hydrogen-bond donors (Lipinski definition) is 2. The van der Waals surface area contributed by atoms with Crippen molar-refractivity contribution in [1.29, 1.82) is 0 Å². The lowest BCUT2D eigenvalue weighted by Crippen LogP contribution is -2.67. The highest BCUT2D eigenvalue weighted by Crippen LogP contribution is 2.37. The fourth-order valence-corrected chi connectivity index (χ4v) is 3.82. The van der Waals surface area contributed by atoms with Crippen LogP contribution in [0.1, 0.15) is 11.1 Å². The van der Waals surface area contributed by atoms with Gasteiger partial charge < -0.3 is 5.73 Å². The number of primary amides is 1. The molecule has 3 N–H and O–H groups in total. The van der Waals surface area contributed by atoms with Crippen molar-refractivity contribution in [2.45, 2.75) is 18.6 Å². The number of halogens is 4. The van der Waals surface area contributed by atoms with E-state index in [4.69, 9.17) is 5.73 Å². The Morgan fingerprint density at radius 2 is 1.88 bits per heavy atom. The molecule has 0 fully saturated rings. The number of hydrogen-bond acceptors (Lipinski definition) is 3. The Hall–Kier alpha value is -1.81. The number of benzene rings is 2. The third-order valence-electron chi connectivity index (χ3n) is 4.06. The number of para-hydroxylation sites is 1. The van der Waals surface area contributed by atoms with Gasteiger partial charge >= 0.3 is 0 Å². The van der Waals surface area contributed by atoms with E-state index in [0.717, 1.165) is 11.3 Å². The van der Waals surface area contributed by atoms with Gasteiger partial charge in [0.2, 0.25) is 0 Å². The molecule has 24 heavy (non-hydrogen) atoms. The largest absolute Gasteiger partial charge is 0.366 e. The zero-order valence-electron chi connectivity index (χ0n) is 12.3. The molecule has 0 saturated carbocycles. The number of carbonyl (C=O) groups excluding carboxylic acids is 1. The topological polar surface area (TPSA) is 58.4 Å². The van der Waals surface area contributed by atoms with Crippen LogP contribution in [0, 0.1) is 17.5 Å². The highest BCUT2D eigenvalue weighted by Gasteiger charge is 2.46. The first kappa shape index (κ1) is 17.0. The predicted octanol–water partition coefficient (Wildman–Crippen LogP) is 2.79. The monoisotopic (exact) mass is 447 g/mol. The van der Waals surface area contributed by atoms with Crippen molar-refractivity contribution in [3.63, 3.8) is 0 Å². The van der Waals surface area contributed by atoms with Crippen molar-refractivity contribution >= 4 is 34.5 Å². The van der Waals surface area contributed by atoms with Crippen molar-refractivity contribution in [2.75, 3.05) is 3.11 Å². The number of nitrogens with one attached hydrogen (secondary N) is 1. The number of anilines is 1. The van der Waals surface area contributed by atoms with Crippen molar-refractivity contribution in [3.8, 4) is 0 Å². The fraction of sp³-hybridized carbons (Fsp3) is 0.188. The SMILES string of the molecule is NC(=O)C1(Cc2c(F)cc(F)cc2F)NCc2ccccc2N1I. The molecule has 0 aliphatic carbocycles. The van der Waals surface area contributed by atoms with E-state index in [2.05, 4.69) is 5.32 Å². The third-order valence-corrected chi connectivity index (χ3v) is 5.40. The average molecular weight is 447 g/mol. The van der Waals surface area contributed by atoms with Gasteiger partial charge in [-0.3, -0.25) is 13.2 Å². The molecule has 1 amide bonds. The molecule has 1 aliphatic rings. The van der Waals surface area contributed by atoms with Gasteiger partial charge in [-0.25, -0.2) is 13.2 Å². The maximum Gasteiger partial charge on any atom is 0.259 e. The average Bonchev–Trinajstić information content (AvgIpc) is 2.53. The zero-order valence-corrected chi connectivity index (χ0v) is 14.5. The summed E-state index contributed by atoms with van der Waals surface area (Å²) < 4.78 is 42.7. The molecule has 0 bridgehead atoms. The highest BCUT2D eigenvalue weighted by molar-refractivity contribution is 14.1. The van der Waals surface area contributed by atoms with E-state index in [1.165, 1.54) is 3.11 Å². The third kappa shape index (κ3) is 2.73. The summed E-state index contributed by atoms with van der Waals surface area (Å²) in [6.45, 7) is 0.309. The summed E-state index contributed by atoms with van der Waals surface area (Å²) in [5.41, 5.74) is 5.27. The van der Waals surface area contributed by atoms with Crippen LogP contribution in [0.15, 0.2) is 36.4 Å². The van der Waals surface area contributed by atoms with E-state index in [9.17, 15) is 18.0 Å². The molecular formula is C16H13F3IN3O. The molecule has 8 heteroatoms. The summed E-state index contributed by atoms with van der Waals surface area (Å²) in [5.74, 6) is -3.91. The van der Waals surface area contributed by atoms with Crippen LogP contribution >= 0.6 is 22.9 Å². The van der Waals surface area contributed by atoms with Gasteiger partial charge in [-0.05, 0) is 11.6 Å². The quantitative estimate of drug-likeness (QED) is 0.562. The molecule has 0 saturated heterocycles. The number of amides is 1. The number of nitrogens with zero attached hydrogens (tertiary/aromatic N) is 1. The van der Waals surface area contributed by atoms with Gasteiger partial charge in [-0.15, -0.1) is 0 Å². The van der Waals surface area contributed by atoms with Gasteiger partial charge in [0.25, 0.3) is 5.91 Å². The highest BCUT2D eigenvalue weighted by atomic mass is 127. The lowest BCUT2D eigenvalue weighted by Gasteiger charge is -2.44. The maximum absolute atomic E-state index is 14.0. The molecule has 126 valence electrons. The van der Waals surface area contributed by atoms with Crippen LogP contribution in [-0.2, 0) is 17.8 Å². The standard InChI is InChI=1S/C16H13F3IN3O/c17-10-5-12(18)11(13(19)6-10)7-16(15(21)24)22-8-9-3-1-2-4-14(9)23(16)20/h1-6,22H,7-8H2,(H2,21,24). The van der Waals surface area contributed by atoms with Gasteiger partial charge in [0.05, 0.1) is 28.6 Å². The van der Waals surface area contributed by atoms with Crippen LogP contribution in [0.5, 0.6) is 0 Å². The molecule has 4 nitrogen and oxygen atoms in total. The van der Waals surface area contributed by atoms with E-state index >= 15 is 0 Å². The second-order valence-electron chi connectivity index (χ2n) is 5.51. The van der Waals surface area contributed by atoms with E-state index in [-0.39, 0.29) is 6.42 Å². The van der Waals surface area contributed by atoms with Gasteiger partial charge in [0.1, 0.15) is 17.5 Å². The fourth-order valence-electron chi connectivity index (χ4n) is 2.77. The molecule has 3 rings (SSSR count). The summed E-state index contributed by atoms with van der Waals surface area (Å²) in [6, 6.07) is 8.47. The molecule has 2 aromatic rings. The number of carbonyl (C=O) groups is 1. The van der Waals surface area contributed by atoms with Gasteiger partial charge in [-0.2, -0.15) is 0 Å². The van der Waals surface area contributed by atoms with Crippen molar-refractivity contribution in [1.82, 2.24) is 5.32 Å². The molecule has 0 spiro atoms. The number of nitrogens with two attached hydrogens (primary N) is 1. The molecular weight excluding hydrogens is 434 g/mol. The molecule has 1 heterocycles. The summed E-state index contributed by atoms with van der Waals surface area (Å²) in [6.07, 6.45) is -0.377. The summed E-state index contributed by atoms with van der Waals surface area (Å²) in [5, 5.41) is 2.97. The molecule has 0 radical (unpaired) electrons.